The minimum Gasteiger partial charge on any atom is -0.336 e. The smallest absolute Gasteiger partial charge is 0.276 e. The molecular weight excluding hydrogens is 402 g/mol. The maximum atomic E-state index is 12.9. The van der Waals surface area contributed by atoms with Crippen molar-refractivity contribution < 1.29 is 9.59 Å². The molecule has 0 radical (unpaired) electrons. The van der Waals surface area contributed by atoms with E-state index < -0.39 is 0 Å². The molecule has 2 amide bonds. The number of allylic oxidation sites excluding steroid dienone is 1. The molecule has 2 aromatic rings. The molecule has 0 aliphatic carbocycles. The van der Waals surface area contributed by atoms with Crippen molar-refractivity contribution in [1.82, 2.24) is 9.80 Å². The molecule has 166 valence electrons. The van der Waals surface area contributed by atoms with Gasteiger partial charge in [-0.05, 0) is 57.4 Å². The summed E-state index contributed by atoms with van der Waals surface area (Å²) >= 11 is 0. The van der Waals surface area contributed by atoms with Crippen molar-refractivity contribution in [3.63, 3.8) is 0 Å². The van der Waals surface area contributed by atoms with E-state index in [-0.39, 0.29) is 17.5 Å². The molecular formula is C25H29N5O2. The Morgan fingerprint density at radius 1 is 0.938 bits per heavy atom. The highest BCUT2D eigenvalue weighted by atomic mass is 16.2. The van der Waals surface area contributed by atoms with Gasteiger partial charge in [-0.2, -0.15) is 0 Å². The molecule has 32 heavy (non-hydrogen) atoms. The summed E-state index contributed by atoms with van der Waals surface area (Å²) in [5.41, 5.74) is 3.25. The van der Waals surface area contributed by atoms with Crippen molar-refractivity contribution in [1.29, 1.82) is 0 Å². The number of carbonyl (C=O) groups is 2. The number of rotatable bonds is 6. The van der Waals surface area contributed by atoms with Crippen molar-refractivity contribution in [2.45, 2.75) is 13.8 Å². The van der Waals surface area contributed by atoms with Crippen LogP contribution in [-0.2, 0) is 4.79 Å². The zero-order chi connectivity index (χ0) is 23.1. The number of nitrogens with zero attached hydrogens (tertiary/aromatic N) is 4. The Labute approximate surface area is 189 Å². The Morgan fingerprint density at radius 2 is 1.59 bits per heavy atom. The van der Waals surface area contributed by atoms with Crippen LogP contribution in [0, 0.1) is 0 Å². The summed E-state index contributed by atoms with van der Waals surface area (Å²) in [6, 6.07) is 16.5. The van der Waals surface area contributed by atoms with E-state index in [1.165, 1.54) is 0 Å². The van der Waals surface area contributed by atoms with E-state index in [9.17, 15) is 9.59 Å². The minimum atomic E-state index is -0.370. The fourth-order valence-electron chi connectivity index (χ4n) is 3.38. The third-order valence-electron chi connectivity index (χ3n) is 5.42. The summed E-state index contributed by atoms with van der Waals surface area (Å²) in [7, 11) is 2.06. The van der Waals surface area contributed by atoms with Crippen LogP contribution in [0.25, 0.3) is 0 Å². The number of hydrogen-bond donors (Lipinski definition) is 1. The Hall–Kier alpha value is -3.58. The van der Waals surface area contributed by atoms with E-state index in [0.29, 0.717) is 35.7 Å². The number of likely N-dealkylation sites (N-methyl/N-ethyl adjacent to an activating group) is 1. The second-order valence-corrected chi connectivity index (χ2v) is 7.79. The van der Waals surface area contributed by atoms with Gasteiger partial charge in [-0.15, -0.1) is 0 Å². The van der Waals surface area contributed by atoms with Crippen molar-refractivity contribution in [2.24, 2.45) is 9.98 Å². The molecule has 0 unspecified atom stereocenters. The average molecular weight is 432 g/mol. The summed E-state index contributed by atoms with van der Waals surface area (Å²) < 4.78 is 0. The molecule has 3 rings (SSSR count). The number of anilines is 1. The van der Waals surface area contributed by atoms with Gasteiger partial charge in [0.2, 0.25) is 0 Å². The molecule has 0 spiro atoms. The van der Waals surface area contributed by atoms with E-state index in [0.717, 1.165) is 18.7 Å². The number of para-hydroxylation sites is 1. The zero-order valence-electron chi connectivity index (χ0n) is 18.8. The van der Waals surface area contributed by atoms with Gasteiger partial charge in [0.05, 0.1) is 5.70 Å². The zero-order valence-corrected chi connectivity index (χ0v) is 18.8. The Balaban J connectivity index is 1.83. The van der Waals surface area contributed by atoms with Crippen LogP contribution in [0.4, 0.5) is 5.69 Å². The van der Waals surface area contributed by atoms with Gasteiger partial charge in [0.25, 0.3) is 11.8 Å². The summed E-state index contributed by atoms with van der Waals surface area (Å²) in [5.74, 6) is -0.362. The quantitative estimate of drug-likeness (QED) is 0.562. The predicted octanol–water partition coefficient (Wildman–Crippen LogP) is 3.45. The predicted molar refractivity (Wildman–Crippen MR) is 129 cm³/mol. The largest absolute Gasteiger partial charge is 0.336 e. The summed E-state index contributed by atoms with van der Waals surface area (Å²) in [6.07, 6.45) is 0. The third kappa shape index (κ3) is 5.76. The van der Waals surface area contributed by atoms with Gasteiger partial charge >= 0.3 is 0 Å². The Bertz CT molecular complexity index is 1050. The Morgan fingerprint density at radius 3 is 2.25 bits per heavy atom. The lowest BCUT2D eigenvalue weighted by molar-refractivity contribution is -0.112. The van der Waals surface area contributed by atoms with Crippen LogP contribution in [0.1, 0.15) is 29.8 Å². The molecule has 1 aliphatic heterocycles. The minimum absolute atomic E-state index is 0.00859. The second-order valence-electron chi connectivity index (χ2n) is 7.79. The molecule has 0 aromatic heterocycles. The Kier molecular flexibility index (Phi) is 7.68. The first-order valence-electron chi connectivity index (χ1n) is 10.6. The van der Waals surface area contributed by atoms with Crippen molar-refractivity contribution in [3.05, 3.63) is 77.1 Å². The fourth-order valence-corrected chi connectivity index (χ4v) is 3.38. The van der Waals surface area contributed by atoms with E-state index in [1.54, 1.807) is 19.1 Å². The van der Waals surface area contributed by atoms with E-state index >= 15 is 0 Å². The van der Waals surface area contributed by atoms with Crippen molar-refractivity contribution in [3.8, 4) is 0 Å². The number of benzene rings is 2. The van der Waals surface area contributed by atoms with Gasteiger partial charge in [0, 0.05) is 43.1 Å². The number of amides is 2. The van der Waals surface area contributed by atoms with E-state index in [1.807, 2.05) is 54.3 Å². The molecule has 0 bridgehead atoms. The van der Waals surface area contributed by atoms with E-state index in [2.05, 4.69) is 34.0 Å². The summed E-state index contributed by atoms with van der Waals surface area (Å²) in [6.45, 7) is 10.2. The molecule has 0 saturated carbocycles. The van der Waals surface area contributed by atoms with Gasteiger partial charge in [-0.1, -0.05) is 30.3 Å². The van der Waals surface area contributed by atoms with Gasteiger partial charge in [0.1, 0.15) is 5.70 Å². The molecule has 1 fully saturated rings. The second kappa shape index (κ2) is 10.6. The average Bonchev–Trinajstić information content (AvgIpc) is 2.82. The van der Waals surface area contributed by atoms with Crippen LogP contribution in [0.2, 0.25) is 0 Å². The lowest BCUT2D eigenvalue weighted by Gasteiger charge is -2.32. The van der Waals surface area contributed by atoms with Crippen LogP contribution < -0.4 is 5.32 Å². The number of aliphatic imine (C=N–C) groups is 2. The lowest BCUT2D eigenvalue weighted by Crippen LogP contribution is -2.47. The van der Waals surface area contributed by atoms with Crippen LogP contribution in [0.3, 0.4) is 0 Å². The maximum absolute atomic E-state index is 12.9. The van der Waals surface area contributed by atoms with Gasteiger partial charge in [-0.25, -0.2) is 4.99 Å². The maximum Gasteiger partial charge on any atom is 0.276 e. The van der Waals surface area contributed by atoms with Crippen molar-refractivity contribution in [2.75, 3.05) is 38.5 Å². The third-order valence-corrected chi connectivity index (χ3v) is 5.42. The number of piperazine rings is 1. The number of nitrogens with one attached hydrogen (secondary N) is 1. The van der Waals surface area contributed by atoms with Gasteiger partial charge < -0.3 is 15.1 Å². The molecule has 1 aliphatic rings. The van der Waals surface area contributed by atoms with Crippen LogP contribution in [0.15, 0.2) is 76.0 Å². The summed E-state index contributed by atoms with van der Waals surface area (Å²) in [4.78, 5) is 38.3. The molecule has 7 nitrogen and oxygen atoms in total. The fraction of sp³-hybridized carbons (Fsp3) is 0.280. The topological polar surface area (TPSA) is 77.4 Å². The SMILES string of the molecule is C=N/C(C)=C(\N=C(C)c1cccc(C(=O)N2CCN(C)CC2)c1)C(=O)Nc1ccccc1. The first-order chi connectivity index (χ1) is 15.4. The number of hydrogen-bond acceptors (Lipinski definition) is 5. The normalized spacial score (nSPS) is 15.7. The first kappa shape index (κ1) is 23.1. The van der Waals surface area contributed by atoms with Gasteiger partial charge in [-0.3, -0.25) is 14.6 Å². The molecule has 1 heterocycles. The number of carbonyl (C=O) groups excluding carboxylic acids is 2. The van der Waals surface area contributed by atoms with E-state index in [4.69, 9.17) is 0 Å². The summed E-state index contributed by atoms with van der Waals surface area (Å²) in [5, 5.41) is 2.83. The van der Waals surface area contributed by atoms with Crippen LogP contribution in [-0.4, -0.2) is 67.3 Å². The monoisotopic (exact) mass is 431 g/mol. The highest BCUT2D eigenvalue weighted by molar-refractivity contribution is 6.09. The van der Waals surface area contributed by atoms with Gasteiger partial charge in [0.15, 0.2) is 0 Å². The molecule has 0 atom stereocenters. The van der Waals surface area contributed by atoms with Crippen LogP contribution >= 0.6 is 0 Å². The standard InChI is InChI=1S/C25H29N5O2/c1-18(27-23(19(2)26-3)24(31)28-22-11-6-5-7-12-22)20-9-8-10-21(17-20)25(32)30-15-13-29(4)14-16-30/h5-12,17H,3,13-16H2,1-2,4H3,(H,28,31)/b23-19-,27-18?. The molecule has 2 aromatic carbocycles. The van der Waals surface area contributed by atoms with Crippen molar-refractivity contribution >= 4 is 29.9 Å². The highest BCUT2D eigenvalue weighted by Crippen LogP contribution is 2.16. The molecule has 1 saturated heterocycles. The molecule has 7 heteroatoms. The lowest BCUT2D eigenvalue weighted by atomic mass is 10.1. The highest BCUT2D eigenvalue weighted by Gasteiger charge is 2.21. The van der Waals surface area contributed by atoms with Crippen LogP contribution in [0.5, 0.6) is 0 Å². The molecule has 1 N–H and O–H groups in total. The first-order valence-corrected chi connectivity index (χ1v) is 10.6.